The standard InChI is InChI=1S/C15H8F3NO3/c16-8-5-6-12(22-15(17)18)11(7-8)19-13(20)9-3-1-2-4-10(9)14(19)21/h1-7,15H. The number of halogens is 3. The Labute approximate surface area is 122 Å². The number of hydrogen-bond acceptors (Lipinski definition) is 3. The van der Waals surface area contributed by atoms with Gasteiger partial charge in [-0.1, -0.05) is 12.1 Å². The summed E-state index contributed by atoms with van der Waals surface area (Å²) < 4.78 is 42.6. The Morgan fingerprint density at radius 1 is 0.955 bits per heavy atom. The van der Waals surface area contributed by atoms with Crippen LogP contribution in [0.3, 0.4) is 0 Å². The van der Waals surface area contributed by atoms with Crippen molar-refractivity contribution < 1.29 is 27.5 Å². The van der Waals surface area contributed by atoms with E-state index >= 15 is 0 Å². The molecule has 22 heavy (non-hydrogen) atoms. The molecular formula is C15H8F3NO3. The SMILES string of the molecule is O=C1c2ccccc2C(=O)N1c1cc(F)ccc1OC(F)F. The fourth-order valence-corrected chi connectivity index (χ4v) is 2.27. The van der Waals surface area contributed by atoms with Crippen molar-refractivity contribution in [2.24, 2.45) is 0 Å². The molecule has 0 fully saturated rings. The molecule has 2 aromatic rings. The van der Waals surface area contributed by atoms with E-state index in [2.05, 4.69) is 4.74 Å². The fourth-order valence-electron chi connectivity index (χ4n) is 2.27. The molecule has 7 heteroatoms. The molecule has 112 valence electrons. The van der Waals surface area contributed by atoms with Gasteiger partial charge in [0.1, 0.15) is 5.82 Å². The van der Waals surface area contributed by atoms with Crippen LogP contribution in [-0.2, 0) is 0 Å². The molecule has 0 atom stereocenters. The number of carbonyl (C=O) groups excluding carboxylic acids is 2. The van der Waals surface area contributed by atoms with Crippen LogP contribution in [0.2, 0.25) is 0 Å². The highest BCUT2D eigenvalue weighted by molar-refractivity contribution is 6.34. The number of benzene rings is 2. The van der Waals surface area contributed by atoms with E-state index in [1.807, 2.05) is 0 Å². The number of amides is 2. The number of carbonyl (C=O) groups is 2. The number of fused-ring (bicyclic) bond motifs is 1. The molecule has 0 aromatic heterocycles. The molecule has 2 amide bonds. The summed E-state index contributed by atoms with van der Waals surface area (Å²) in [5, 5.41) is 0. The minimum absolute atomic E-state index is 0.125. The highest BCUT2D eigenvalue weighted by atomic mass is 19.3. The van der Waals surface area contributed by atoms with E-state index in [9.17, 15) is 22.8 Å². The lowest BCUT2D eigenvalue weighted by Gasteiger charge is -2.18. The highest BCUT2D eigenvalue weighted by Gasteiger charge is 2.38. The van der Waals surface area contributed by atoms with E-state index in [0.29, 0.717) is 4.90 Å². The van der Waals surface area contributed by atoms with Gasteiger partial charge in [0.2, 0.25) is 0 Å². The van der Waals surface area contributed by atoms with Gasteiger partial charge in [-0.05, 0) is 24.3 Å². The molecule has 0 saturated heterocycles. The van der Waals surface area contributed by atoms with E-state index < -0.39 is 30.0 Å². The first kappa shape index (κ1) is 14.1. The van der Waals surface area contributed by atoms with Crippen molar-refractivity contribution in [1.29, 1.82) is 0 Å². The van der Waals surface area contributed by atoms with Crippen LogP contribution in [0.5, 0.6) is 5.75 Å². The number of rotatable bonds is 3. The zero-order valence-corrected chi connectivity index (χ0v) is 10.9. The molecule has 0 saturated carbocycles. The lowest BCUT2D eigenvalue weighted by atomic mass is 10.1. The number of imide groups is 1. The maximum Gasteiger partial charge on any atom is 0.387 e. The zero-order chi connectivity index (χ0) is 15.9. The summed E-state index contributed by atoms with van der Waals surface area (Å²) in [6, 6.07) is 8.65. The second-order valence-corrected chi connectivity index (χ2v) is 4.48. The lowest BCUT2D eigenvalue weighted by molar-refractivity contribution is -0.0495. The topological polar surface area (TPSA) is 46.6 Å². The van der Waals surface area contributed by atoms with Crippen molar-refractivity contribution in [1.82, 2.24) is 0 Å². The van der Waals surface area contributed by atoms with E-state index in [1.54, 1.807) is 12.1 Å². The van der Waals surface area contributed by atoms with E-state index in [0.717, 1.165) is 18.2 Å². The summed E-state index contributed by atoms with van der Waals surface area (Å²) in [7, 11) is 0. The number of nitrogens with zero attached hydrogens (tertiary/aromatic N) is 1. The third-order valence-electron chi connectivity index (χ3n) is 3.17. The van der Waals surface area contributed by atoms with Gasteiger partial charge in [0.15, 0.2) is 5.75 Å². The second kappa shape index (κ2) is 5.18. The highest BCUT2D eigenvalue weighted by Crippen LogP contribution is 2.36. The predicted octanol–water partition coefficient (Wildman–Crippen LogP) is 3.23. The number of alkyl halides is 2. The Balaban J connectivity index is 2.11. The van der Waals surface area contributed by atoms with Crippen LogP contribution in [0.1, 0.15) is 20.7 Å². The minimum atomic E-state index is -3.17. The average molecular weight is 307 g/mol. The molecule has 0 aliphatic carbocycles. The maximum absolute atomic E-state index is 13.4. The molecule has 2 aromatic carbocycles. The molecule has 3 rings (SSSR count). The van der Waals surface area contributed by atoms with Gasteiger partial charge in [-0.15, -0.1) is 0 Å². The van der Waals surface area contributed by atoms with Crippen molar-refractivity contribution in [3.8, 4) is 5.75 Å². The van der Waals surface area contributed by atoms with Gasteiger partial charge in [0.25, 0.3) is 11.8 Å². The number of hydrogen-bond donors (Lipinski definition) is 0. The Kier molecular flexibility index (Phi) is 3.32. The summed E-state index contributed by atoms with van der Waals surface area (Å²) in [5.74, 6) is -2.67. The molecule has 0 bridgehead atoms. The van der Waals surface area contributed by atoms with Crippen molar-refractivity contribution in [2.75, 3.05) is 4.90 Å². The van der Waals surface area contributed by atoms with Gasteiger partial charge in [0.05, 0.1) is 16.8 Å². The third-order valence-corrected chi connectivity index (χ3v) is 3.17. The summed E-state index contributed by atoms with van der Waals surface area (Å²) in [6.45, 7) is -3.17. The minimum Gasteiger partial charge on any atom is -0.433 e. The molecule has 1 heterocycles. The Morgan fingerprint density at radius 2 is 1.55 bits per heavy atom. The Morgan fingerprint density at radius 3 is 2.09 bits per heavy atom. The summed E-state index contributed by atoms with van der Waals surface area (Å²) >= 11 is 0. The summed E-state index contributed by atoms with van der Waals surface area (Å²) in [4.78, 5) is 25.2. The maximum atomic E-state index is 13.4. The number of ether oxygens (including phenoxy) is 1. The van der Waals surface area contributed by atoms with E-state index in [4.69, 9.17) is 0 Å². The molecule has 0 radical (unpaired) electrons. The predicted molar refractivity (Wildman–Crippen MR) is 70.6 cm³/mol. The van der Waals surface area contributed by atoms with Gasteiger partial charge >= 0.3 is 6.61 Å². The van der Waals surface area contributed by atoms with Gasteiger partial charge in [-0.3, -0.25) is 9.59 Å². The van der Waals surface area contributed by atoms with Crippen LogP contribution in [0.15, 0.2) is 42.5 Å². The Hall–Kier alpha value is -2.83. The average Bonchev–Trinajstić information content (AvgIpc) is 2.73. The molecule has 0 unspecified atom stereocenters. The summed E-state index contributed by atoms with van der Waals surface area (Å²) in [6.07, 6.45) is 0. The normalized spacial score (nSPS) is 13.7. The van der Waals surface area contributed by atoms with Gasteiger partial charge in [0, 0.05) is 6.07 Å². The zero-order valence-electron chi connectivity index (χ0n) is 10.9. The summed E-state index contributed by atoms with van der Waals surface area (Å²) in [5.41, 5.74) is -0.106. The first-order valence-corrected chi connectivity index (χ1v) is 6.21. The Bertz CT molecular complexity index is 741. The molecule has 1 aliphatic heterocycles. The van der Waals surface area contributed by atoms with Crippen molar-refractivity contribution >= 4 is 17.5 Å². The van der Waals surface area contributed by atoms with Crippen LogP contribution in [-0.4, -0.2) is 18.4 Å². The van der Waals surface area contributed by atoms with Crippen LogP contribution in [0.4, 0.5) is 18.9 Å². The van der Waals surface area contributed by atoms with E-state index in [1.165, 1.54) is 12.1 Å². The third kappa shape index (κ3) is 2.20. The monoisotopic (exact) mass is 307 g/mol. The van der Waals surface area contributed by atoms with E-state index in [-0.39, 0.29) is 16.8 Å². The quantitative estimate of drug-likeness (QED) is 0.818. The van der Waals surface area contributed by atoms with Crippen molar-refractivity contribution in [2.45, 2.75) is 6.61 Å². The molecular weight excluding hydrogens is 299 g/mol. The number of anilines is 1. The smallest absolute Gasteiger partial charge is 0.387 e. The van der Waals surface area contributed by atoms with Crippen LogP contribution in [0.25, 0.3) is 0 Å². The van der Waals surface area contributed by atoms with Crippen molar-refractivity contribution in [3.63, 3.8) is 0 Å². The first-order valence-electron chi connectivity index (χ1n) is 6.21. The lowest BCUT2D eigenvalue weighted by Crippen LogP contribution is -2.30. The molecule has 4 nitrogen and oxygen atoms in total. The fraction of sp³-hybridized carbons (Fsp3) is 0.0667. The molecule has 0 spiro atoms. The largest absolute Gasteiger partial charge is 0.433 e. The molecule has 1 aliphatic rings. The van der Waals surface area contributed by atoms with Gasteiger partial charge < -0.3 is 4.74 Å². The van der Waals surface area contributed by atoms with Crippen molar-refractivity contribution in [3.05, 3.63) is 59.4 Å². The molecule has 0 N–H and O–H groups in total. The van der Waals surface area contributed by atoms with Crippen LogP contribution >= 0.6 is 0 Å². The van der Waals surface area contributed by atoms with Gasteiger partial charge in [-0.25, -0.2) is 9.29 Å². The first-order chi connectivity index (χ1) is 10.5. The van der Waals surface area contributed by atoms with Gasteiger partial charge in [-0.2, -0.15) is 8.78 Å². The second-order valence-electron chi connectivity index (χ2n) is 4.48. The van der Waals surface area contributed by atoms with Crippen LogP contribution in [0, 0.1) is 5.82 Å². The van der Waals surface area contributed by atoms with Crippen LogP contribution < -0.4 is 9.64 Å².